The van der Waals surface area contributed by atoms with E-state index in [1.165, 1.54) is 17.4 Å². The fourth-order valence-electron chi connectivity index (χ4n) is 3.35. The number of nitrogens with zero attached hydrogens (tertiary/aromatic N) is 1. The third kappa shape index (κ3) is 6.26. The molecule has 1 saturated heterocycles. The minimum Gasteiger partial charge on any atom is -0.379 e. The molecule has 1 aliphatic rings. The van der Waals surface area contributed by atoms with Gasteiger partial charge in [-0.2, -0.15) is 0 Å². The molecule has 0 radical (unpaired) electrons. The van der Waals surface area contributed by atoms with Crippen molar-refractivity contribution in [3.05, 3.63) is 78.9 Å². The lowest BCUT2D eigenvalue weighted by molar-refractivity contribution is 0.0346. The number of nitrogens with one attached hydrogen (secondary N) is 2. The van der Waals surface area contributed by atoms with Crippen LogP contribution in [0.4, 0.5) is 11.4 Å². The number of ether oxygens (including phenoxy) is 1. The second kappa shape index (κ2) is 10.9. The maximum Gasteiger partial charge on any atom is 0.267 e. The first-order valence-corrected chi connectivity index (χ1v) is 12.1. The van der Waals surface area contributed by atoms with Crippen LogP contribution in [-0.4, -0.2) is 43.0 Å². The van der Waals surface area contributed by atoms with E-state index in [0.29, 0.717) is 51.1 Å². The van der Waals surface area contributed by atoms with Crippen molar-refractivity contribution in [3.63, 3.8) is 0 Å². The summed E-state index contributed by atoms with van der Waals surface area (Å²) in [5.41, 5.74) is 1.12. The molecule has 10 heteroatoms. The Morgan fingerprint density at radius 1 is 0.909 bits per heavy atom. The van der Waals surface area contributed by atoms with E-state index in [9.17, 15) is 9.59 Å². The minimum atomic E-state index is -0.416. The molecule has 33 heavy (non-hydrogen) atoms. The number of carbonyl (C=O) groups is 2. The zero-order valence-electron chi connectivity index (χ0n) is 17.4. The number of amides is 2. The van der Waals surface area contributed by atoms with Crippen LogP contribution in [0.25, 0.3) is 0 Å². The van der Waals surface area contributed by atoms with Crippen molar-refractivity contribution in [2.75, 3.05) is 36.9 Å². The predicted molar refractivity (Wildman–Crippen MR) is 134 cm³/mol. The van der Waals surface area contributed by atoms with Gasteiger partial charge in [0.25, 0.3) is 11.8 Å². The molecule has 0 unspecified atom stereocenters. The molecule has 0 aliphatic carbocycles. The zero-order chi connectivity index (χ0) is 23.4. The quantitative estimate of drug-likeness (QED) is 0.412. The third-order valence-electron chi connectivity index (χ3n) is 5.00. The molecule has 2 amide bonds. The Kier molecular flexibility index (Phi) is 7.90. The van der Waals surface area contributed by atoms with Gasteiger partial charge in [0, 0.05) is 40.2 Å². The number of thiophene rings is 1. The summed E-state index contributed by atoms with van der Waals surface area (Å²) < 4.78 is 5.38. The standard InChI is InChI=1S/C23H20Cl3N3O3S/c24-14-1-4-16(5-2-14)27-22(30)18-11-15(25)3-6-20(18)28-23(31)21-19(26)12-17(33-21)13-29-7-9-32-10-8-29/h1-6,11-12H,7-10,13H2,(H,27,30)(H,28,31). The highest BCUT2D eigenvalue weighted by Crippen LogP contribution is 2.30. The molecule has 3 aromatic rings. The Morgan fingerprint density at radius 2 is 1.61 bits per heavy atom. The van der Waals surface area contributed by atoms with Gasteiger partial charge in [-0.3, -0.25) is 14.5 Å². The van der Waals surface area contributed by atoms with E-state index in [1.54, 1.807) is 36.4 Å². The highest BCUT2D eigenvalue weighted by atomic mass is 35.5. The topological polar surface area (TPSA) is 70.7 Å². The Morgan fingerprint density at radius 3 is 2.33 bits per heavy atom. The second-order valence-corrected chi connectivity index (χ2v) is 9.80. The number of benzene rings is 2. The van der Waals surface area contributed by atoms with Crippen molar-refractivity contribution in [2.45, 2.75) is 6.54 Å². The molecule has 2 aromatic carbocycles. The van der Waals surface area contributed by atoms with Crippen molar-refractivity contribution in [2.24, 2.45) is 0 Å². The van der Waals surface area contributed by atoms with E-state index in [1.807, 2.05) is 6.07 Å². The molecular weight excluding hydrogens is 505 g/mol. The molecule has 1 aliphatic heterocycles. The second-order valence-electron chi connectivity index (χ2n) is 7.38. The molecule has 4 rings (SSSR count). The fourth-order valence-corrected chi connectivity index (χ4v) is 5.03. The van der Waals surface area contributed by atoms with Crippen molar-refractivity contribution in [1.82, 2.24) is 4.90 Å². The summed E-state index contributed by atoms with van der Waals surface area (Å²) in [6.07, 6.45) is 0. The van der Waals surface area contributed by atoms with Crippen molar-refractivity contribution >= 4 is 69.3 Å². The van der Waals surface area contributed by atoms with Crippen LogP contribution in [0.1, 0.15) is 24.9 Å². The Bertz CT molecular complexity index is 1160. The number of rotatable bonds is 6. The molecule has 6 nitrogen and oxygen atoms in total. The van der Waals surface area contributed by atoms with Gasteiger partial charge in [-0.1, -0.05) is 34.8 Å². The van der Waals surface area contributed by atoms with Gasteiger partial charge in [0.15, 0.2) is 0 Å². The molecule has 0 bridgehead atoms. The van der Waals surface area contributed by atoms with E-state index < -0.39 is 5.91 Å². The molecule has 0 atom stereocenters. The zero-order valence-corrected chi connectivity index (χ0v) is 20.5. The van der Waals surface area contributed by atoms with Crippen LogP contribution >= 0.6 is 46.1 Å². The smallest absolute Gasteiger partial charge is 0.267 e. The van der Waals surface area contributed by atoms with E-state index >= 15 is 0 Å². The minimum absolute atomic E-state index is 0.229. The lowest BCUT2D eigenvalue weighted by Gasteiger charge is -2.25. The normalized spacial score (nSPS) is 14.2. The van der Waals surface area contributed by atoms with Gasteiger partial charge in [0.05, 0.1) is 29.5 Å². The molecule has 0 spiro atoms. The van der Waals surface area contributed by atoms with Crippen LogP contribution in [0.5, 0.6) is 0 Å². The van der Waals surface area contributed by atoms with Crippen LogP contribution in [0.15, 0.2) is 48.5 Å². The van der Waals surface area contributed by atoms with Crippen LogP contribution in [0, 0.1) is 0 Å². The summed E-state index contributed by atoms with van der Waals surface area (Å²) in [7, 11) is 0. The van der Waals surface area contributed by atoms with Gasteiger partial charge in [-0.15, -0.1) is 11.3 Å². The van der Waals surface area contributed by atoms with E-state index in [2.05, 4.69) is 15.5 Å². The van der Waals surface area contributed by atoms with Gasteiger partial charge >= 0.3 is 0 Å². The molecule has 0 saturated carbocycles. The first kappa shape index (κ1) is 24.0. The summed E-state index contributed by atoms with van der Waals surface area (Å²) in [6.45, 7) is 3.78. The van der Waals surface area contributed by atoms with E-state index in [-0.39, 0.29) is 11.5 Å². The molecule has 1 aromatic heterocycles. The molecule has 1 fully saturated rings. The van der Waals surface area contributed by atoms with Gasteiger partial charge in [-0.25, -0.2) is 0 Å². The number of anilines is 2. The van der Waals surface area contributed by atoms with Crippen LogP contribution < -0.4 is 10.6 Å². The molecule has 2 heterocycles. The number of morpholine rings is 1. The fraction of sp³-hybridized carbons (Fsp3) is 0.217. The van der Waals surface area contributed by atoms with Gasteiger partial charge in [0.1, 0.15) is 4.88 Å². The first-order valence-electron chi connectivity index (χ1n) is 10.1. The SMILES string of the molecule is O=C(Nc1ccc(Cl)cc1)c1cc(Cl)ccc1NC(=O)c1sc(CN2CCOCC2)cc1Cl. The Balaban J connectivity index is 1.50. The lowest BCUT2D eigenvalue weighted by Crippen LogP contribution is -2.35. The summed E-state index contributed by atoms with van der Waals surface area (Å²) in [5.74, 6) is -0.804. The van der Waals surface area contributed by atoms with Crippen molar-refractivity contribution in [3.8, 4) is 0 Å². The number of hydrogen-bond acceptors (Lipinski definition) is 5. The maximum absolute atomic E-state index is 13.0. The highest BCUT2D eigenvalue weighted by molar-refractivity contribution is 7.14. The average molecular weight is 525 g/mol. The van der Waals surface area contributed by atoms with Crippen LogP contribution in [-0.2, 0) is 11.3 Å². The summed E-state index contributed by atoms with van der Waals surface area (Å²) in [4.78, 5) is 29.5. The highest BCUT2D eigenvalue weighted by Gasteiger charge is 2.20. The molecule has 172 valence electrons. The number of carbonyl (C=O) groups excluding carboxylic acids is 2. The van der Waals surface area contributed by atoms with Crippen molar-refractivity contribution < 1.29 is 14.3 Å². The predicted octanol–water partition coefficient (Wildman–Crippen LogP) is 6.05. The third-order valence-corrected chi connectivity index (χ3v) is 7.02. The molecule has 2 N–H and O–H groups in total. The number of halogens is 3. The Hall–Kier alpha value is -2.13. The summed E-state index contributed by atoms with van der Waals surface area (Å²) in [6, 6.07) is 13.2. The van der Waals surface area contributed by atoms with E-state index in [4.69, 9.17) is 39.5 Å². The maximum atomic E-state index is 13.0. The summed E-state index contributed by atoms with van der Waals surface area (Å²) in [5, 5.41) is 6.89. The van der Waals surface area contributed by atoms with Crippen LogP contribution in [0.3, 0.4) is 0 Å². The van der Waals surface area contributed by atoms with Crippen LogP contribution in [0.2, 0.25) is 15.1 Å². The van der Waals surface area contributed by atoms with Gasteiger partial charge in [-0.05, 0) is 48.5 Å². The van der Waals surface area contributed by atoms with E-state index in [0.717, 1.165) is 18.0 Å². The van der Waals surface area contributed by atoms with Crippen molar-refractivity contribution in [1.29, 1.82) is 0 Å². The summed E-state index contributed by atoms with van der Waals surface area (Å²) >= 11 is 19.7. The Labute approximate surface area is 210 Å². The van der Waals surface area contributed by atoms with Gasteiger partial charge < -0.3 is 15.4 Å². The number of hydrogen-bond donors (Lipinski definition) is 2. The van der Waals surface area contributed by atoms with Gasteiger partial charge in [0.2, 0.25) is 0 Å². The molecular formula is C23H20Cl3N3O3S. The monoisotopic (exact) mass is 523 g/mol. The average Bonchev–Trinajstić information content (AvgIpc) is 3.17. The lowest BCUT2D eigenvalue weighted by atomic mass is 10.1. The first-order chi connectivity index (χ1) is 15.9. The largest absolute Gasteiger partial charge is 0.379 e.